The minimum Gasteiger partial charge on any atom is -0.490 e. The number of nitrogens with zero attached hydrogens (tertiary/aromatic N) is 2. The Balaban J connectivity index is 1.85. The molecule has 1 aliphatic heterocycles. The van der Waals surface area contributed by atoms with Crippen molar-refractivity contribution in [2.24, 2.45) is 0 Å². The summed E-state index contributed by atoms with van der Waals surface area (Å²) in [4.78, 5) is 13.2. The maximum absolute atomic E-state index is 11.4. The van der Waals surface area contributed by atoms with E-state index in [2.05, 4.69) is 11.4 Å². The first-order valence-corrected chi connectivity index (χ1v) is 6.36. The van der Waals surface area contributed by atoms with E-state index in [-0.39, 0.29) is 12.1 Å². The van der Waals surface area contributed by atoms with Gasteiger partial charge in [-0.25, -0.2) is 4.79 Å². The third-order valence-corrected chi connectivity index (χ3v) is 3.23. The zero-order valence-electron chi connectivity index (χ0n) is 10.9. The van der Waals surface area contributed by atoms with Crippen molar-refractivity contribution in [2.45, 2.75) is 18.9 Å². The van der Waals surface area contributed by atoms with Gasteiger partial charge in [-0.15, -0.1) is 0 Å². The van der Waals surface area contributed by atoms with Gasteiger partial charge in [0.15, 0.2) is 0 Å². The number of piperidine rings is 1. The molecule has 5 heteroatoms. The van der Waals surface area contributed by atoms with Gasteiger partial charge in [0.05, 0.1) is 11.6 Å². The number of carbonyl (C=O) groups is 1. The Morgan fingerprint density at radius 2 is 2.00 bits per heavy atom. The third-order valence-electron chi connectivity index (χ3n) is 3.23. The molecule has 1 N–H and O–H groups in total. The molecule has 2 amide bonds. The molecule has 1 heterocycles. The second-order valence-electron chi connectivity index (χ2n) is 4.50. The molecular weight excluding hydrogens is 242 g/mol. The van der Waals surface area contributed by atoms with Crippen LogP contribution in [0.3, 0.4) is 0 Å². The number of likely N-dealkylation sites (tertiary alicyclic amines) is 1. The number of amides is 2. The van der Waals surface area contributed by atoms with Gasteiger partial charge >= 0.3 is 6.03 Å². The number of urea groups is 1. The molecular formula is C14H17N3O2. The van der Waals surface area contributed by atoms with E-state index >= 15 is 0 Å². The monoisotopic (exact) mass is 259 g/mol. The summed E-state index contributed by atoms with van der Waals surface area (Å²) in [7, 11) is 1.64. The van der Waals surface area contributed by atoms with Crippen LogP contribution in [0.2, 0.25) is 0 Å². The maximum atomic E-state index is 11.4. The molecule has 1 aliphatic rings. The molecule has 1 fully saturated rings. The van der Waals surface area contributed by atoms with Crippen LogP contribution in [0.5, 0.6) is 5.75 Å². The van der Waals surface area contributed by atoms with E-state index in [0.717, 1.165) is 18.6 Å². The number of nitriles is 1. The molecule has 1 aromatic rings. The van der Waals surface area contributed by atoms with Crippen LogP contribution >= 0.6 is 0 Å². The molecule has 0 bridgehead atoms. The van der Waals surface area contributed by atoms with E-state index in [4.69, 9.17) is 10.00 Å². The van der Waals surface area contributed by atoms with Gasteiger partial charge in [0.1, 0.15) is 11.9 Å². The minimum absolute atomic E-state index is 0.0307. The Hall–Kier alpha value is -2.22. The summed E-state index contributed by atoms with van der Waals surface area (Å²) < 4.78 is 5.85. The highest BCUT2D eigenvalue weighted by Gasteiger charge is 2.23. The van der Waals surface area contributed by atoms with Gasteiger partial charge in [0.25, 0.3) is 0 Å². The van der Waals surface area contributed by atoms with E-state index in [1.165, 1.54) is 0 Å². The third kappa shape index (κ3) is 3.38. The lowest BCUT2D eigenvalue weighted by Crippen LogP contribution is -2.45. The molecule has 1 saturated heterocycles. The van der Waals surface area contributed by atoms with E-state index in [1.807, 2.05) is 12.1 Å². The van der Waals surface area contributed by atoms with Crippen molar-refractivity contribution >= 4 is 6.03 Å². The van der Waals surface area contributed by atoms with Crippen LogP contribution < -0.4 is 10.1 Å². The van der Waals surface area contributed by atoms with Crippen LogP contribution in [-0.4, -0.2) is 37.2 Å². The summed E-state index contributed by atoms with van der Waals surface area (Å²) in [5.74, 6) is 0.775. The van der Waals surface area contributed by atoms with Crippen LogP contribution in [0.15, 0.2) is 24.3 Å². The van der Waals surface area contributed by atoms with Gasteiger partial charge in [0.2, 0.25) is 0 Å². The molecule has 0 atom stereocenters. The van der Waals surface area contributed by atoms with Crippen LogP contribution in [0.25, 0.3) is 0 Å². The number of rotatable bonds is 2. The highest BCUT2D eigenvalue weighted by atomic mass is 16.5. The van der Waals surface area contributed by atoms with Gasteiger partial charge in [-0.1, -0.05) is 0 Å². The van der Waals surface area contributed by atoms with E-state index in [1.54, 1.807) is 24.1 Å². The van der Waals surface area contributed by atoms with E-state index in [0.29, 0.717) is 18.7 Å². The molecule has 0 unspecified atom stereocenters. The maximum Gasteiger partial charge on any atom is 0.317 e. The van der Waals surface area contributed by atoms with Gasteiger partial charge in [0, 0.05) is 33.0 Å². The second kappa shape index (κ2) is 6.10. The number of nitrogens with one attached hydrogen (secondary N) is 1. The largest absolute Gasteiger partial charge is 0.490 e. The molecule has 5 nitrogen and oxygen atoms in total. The van der Waals surface area contributed by atoms with Crippen molar-refractivity contribution in [3.63, 3.8) is 0 Å². The lowest BCUT2D eigenvalue weighted by Gasteiger charge is -2.31. The number of hydrogen-bond acceptors (Lipinski definition) is 3. The summed E-state index contributed by atoms with van der Waals surface area (Å²) in [5.41, 5.74) is 0.627. The first kappa shape index (κ1) is 13.2. The smallest absolute Gasteiger partial charge is 0.317 e. The first-order chi connectivity index (χ1) is 9.22. The van der Waals surface area contributed by atoms with Crippen LogP contribution in [0.1, 0.15) is 18.4 Å². The molecule has 0 aliphatic carbocycles. The highest BCUT2D eigenvalue weighted by Crippen LogP contribution is 2.19. The lowest BCUT2D eigenvalue weighted by atomic mass is 10.1. The Morgan fingerprint density at radius 3 is 2.53 bits per heavy atom. The van der Waals surface area contributed by atoms with Crippen molar-refractivity contribution in [3.05, 3.63) is 29.8 Å². The fraction of sp³-hybridized carbons (Fsp3) is 0.429. The molecule has 19 heavy (non-hydrogen) atoms. The summed E-state index contributed by atoms with van der Waals surface area (Å²) in [6.07, 6.45) is 1.79. The summed E-state index contributed by atoms with van der Waals surface area (Å²) >= 11 is 0. The molecule has 2 rings (SSSR count). The van der Waals surface area contributed by atoms with Crippen LogP contribution in [-0.2, 0) is 0 Å². The lowest BCUT2D eigenvalue weighted by molar-refractivity contribution is 0.112. The summed E-state index contributed by atoms with van der Waals surface area (Å²) in [6, 6.07) is 9.15. The highest BCUT2D eigenvalue weighted by molar-refractivity contribution is 5.73. The molecule has 1 aromatic carbocycles. The molecule has 0 radical (unpaired) electrons. The Kier molecular flexibility index (Phi) is 4.24. The van der Waals surface area contributed by atoms with Gasteiger partial charge < -0.3 is 15.0 Å². The Morgan fingerprint density at radius 1 is 1.37 bits per heavy atom. The average Bonchev–Trinajstić information content (AvgIpc) is 2.48. The number of hydrogen-bond donors (Lipinski definition) is 1. The topological polar surface area (TPSA) is 65.4 Å². The number of benzene rings is 1. The minimum atomic E-state index is -0.0307. The second-order valence-corrected chi connectivity index (χ2v) is 4.50. The van der Waals surface area contributed by atoms with Crippen molar-refractivity contribution in [1.82, 2.24) is 10.2 Å². The molecule has 0 aromatic heterocycles. The fourth-order valence-electron chi connectivity index (χ4n) is 2.14. The van der Waals surface area contributed by atoms with E-state index in [9.17, 15) is 4.79 Å². The van der Waals surface area contributed by atoms with Crippen molar-refractivity contribution in [2.75, 3.05) is 20.1 Å². The zero-order valence-corrected chi connectivity index (χ0v) is 10.9. The van der Waals surface area contributed by atoms with E-state index < -0.39 is 0 Å². The number of ether oxygens (including phenoxy) is 1. The van der Waals surface area contributed by atoms with Gasteiger partial charge in [-0.05, 0) is 24.3 Å². The van der Waals surface area contributed by atoms with Crippen molar-refractivity contribution in [1.29, 1.82) is 5.26 Å². The predicted molar refractivity (Wildman–Crippen MR) is 70.8 cm³/mol. The average molecular weight is 259 g/mol. The first-order valence-electron chi connectivity index (χ1n) is 6.36. The van der Waals surface area contributed by atoms with Gasteiger partial charge in [-0.3, -0.25) is 0 Å². The van der Waals surface area contributed by atoms with Crippen LogP contribution in [0, 0.1) is 11.3 Å². The predicted octanol–water partition coefficient (Wildman–Crippen LogP) is 1.74. The summed E-state index contributed by atoms with van der Waals surface area (Å²) in [5, 5.41) is 11.3. The zero-order chi connectivity index (χ0) is 13.7. The Bertz CT molecular complexity index is 470. The van der Waals surface area contributed by atoms with Crippen molar-refractivity contribution < 1.29 is 9.53 Å². The number of carbonyl (C=O) groups excluding carboxylic acids is 1. The van der Waals surface area contributed by atoms with Gasteiger partial charge in [-0.2, -0.15) is 5.26 Å². The molecule has 100 valence electrons. The van der Waals surface area contributed by atoms with Crippen molar-refractivity contribution in [3.8, 4) is 11.8 Å². The standard InChI is InChI=1S/C14H17N3O2/c1-16-14(18)17-8-6-13(7-9-17)19-12-4-2-11(10-15)3-5-12/h2-5,13H,6-9H2,1H3,(H,16,18). The fourth-order valence-corrected chi connectivity index (χ4v) is 2.14. The quantitative estimate of drug-likeness (QED) is 0.879. The summed E-state index contributed by atoms with van der Waals surface area (Å²) in [6.45, 7) is 1.42. The SMILES string of the molecule is CNC(=O)N1CCC(Oc2ccc(C#N)cc2)CC1. The van der Waals surface area contributed by atoms with Crippen LogP contribution in [0.4, 0.5) is 4.79 Å². The molecule has 0 saturated carbocycles. The normalized spacial score (nSPS) is 15.7. The molecule has 0 spiro atoms. The Labute approximate surface area is 112 Å².